The Morgan fingerprint density at radius 2 is 1.86 bits per heavy atom. The van der Waals surface area contributed by atoms with Gasteiger partial charge < -0.3 is 9.15 Å². The largest absolute Gasteiger partial charge is 0.456 e. The number of benzene rings is 2. The third kappa shape index (κ3) is 3.84. The van der Waals surface area contributed by atoms with Gasteiger partial charge in [-0.2, -0.15) is 0 Å². The van der Waals surface area contributed by atoms with Crippen LogP contribution in [0.2, 0.25) is 0 Å². The van der Waals surface area contributed by atoms with Gasteiger partial charge in [0.1, 0.15) is 17.2 Å². The molecule has 4 rings (SSSR count). The number of rotatable bonds is 4. The molecule has 0 amide bonds. The lowest BCUT2D eigenvalue weighted by Gasteiger charge is -2.09. The molecule has 4 aromatic rings. The molecule has 2 heterocycles. The highest BCUT2D eigenvalue weighted by atomic mass is 32.1. The quantitative estimate of drug-likeness (QED) is 0.345. The first-order valence-corrected chi connectivity index (χ1v) is 10.0. The molecule has 0 radical (unpaired) electrons. The predicted octanol–water partition coefficient (Wildman–Crippen LogP) is 5.20. The molecule has 0 atom stereocenters. The first kappa shape index (κ1) is 19.1. The fraction of sp³-hybridized carbons (Fsp3) is 0.174. The molecule has 0 aliphatic rings. The molecule has 5 nitrogen and oxygen atoms in total. The Labute approximate surface area is 171 Å². The minimum atomic E-state index is -0.523. The fourth-order valence-corrected chi connectivity index (χ4v) is 3.85. The second-order valence-electron chi connectivity index (χ2n) is 6.95. The molecule has 0 fully saturated rings. The van der Waals surface area contributed by atoms with Crippen LogP contribution < -0.4 is 5.63 Å². The number of nitrogens with zero attached hydrogens (tertiary/aromatic N) is 1. The summed E-state index contributed by atoms with van der Waals surface area (Å²) in [5.74, 6) is -0.523. The van der Waals surface area contributed by atoms with E-state index in [0.717, 1.165) is 32.6 Å². The highest BCUT2D eigenvalue weighted by Gasteiger charge is 2.15. The van der Waals surface area contributed by atoms with Crippen molar-refractivity contribution in [1.82, 2.24) is 4.98 Å². The molecule has 2 aromatic heterocycles. The van der Waals surface area contributed by atoms with Crippen molar-refractivity contribution in [2.24, 2.45) is 0 Å². The topological polar surface area (TPSA) is 69.4 Å². The average Bonchev–Trinajstić information content (AvgIpc) is 3.20. The standard InChI is InChI=1S/C23H19NO4S/c1-13-4-7-16(8-5-13)22-24-19(12-29-22)23(26)27-11-17-10-20(25)28-21-15(3)14(2)6-9-18(17)21/h4-10,12H,11H2,1-3H3. The van der Waals surface area contributed by atoms with Gasteiger partial charge in [0, 0.05) is 28.0 Å². The van der Waals surface area contributed by atoms with Crippen molar-refractivity contribution in [3.05, 3.63) is 86.2 Å². The zero-order valence-electron chi connectivity index (χ0n) is 16.3. The fourth-order valence-electron chi connectivity index (χ4n) is 3.06. The summed E-state index contributed by atoms with van der Waals surface area (Å²) in [7, 11) is 0. The number of thiazole rings is 1. The van der Waals surface area contributed by atoms with Crippen LogP contribution in [0.25, 0.3) is 21.5 Å². The van der Waals surface area contributed by atoms with Crippen molar-refractivity contribution in [2.45, 2.75) is 27.4 Å². The van der Waals surface area contributed by atoms with Gasteiger partial charge in [-0.15, -0.1) is 11.3 Å². The number of carbonyl (C=O) groups excluding carboxylic acids is 1. The Morgan fingerprint density at radius 3 is 2.62 bits per heavy atom. The Morgan fingerprint density at radius 1 is 1.10 bits per heavy atom. The summed E-state index contributed by atoms with van der Waals surface area (Å²) in [6.45, 7) is 5.85. The lowest BCUT2D eigenvalue weighted by atomic mass is 10.0. The molecular formula is C23H19NO4S. The molecule has 0 unspecified atom stereocenters. The van der Waals surface area contributed by atoms with Gasteiger partial charge in [0.15, 0.2) is 5.69 Å². The summed E-state index contributed by atoms with van der Waals surface area (Å²) in [5.41, 5.74) is 4.97. The van der Waals surface area contributed by atoms with E-state index < -0.39 is 11.6 Å². The van der Waals surface area contributed by atoms with E-state index in [1.165, 1.54) is 17.4 Å². The molecule has 2 aromatic carbocycles. The zero-order valence-corrected chi connectivity index (χ0v) is 17.1. The second kappa shape index (κ2) is 7.64. The highest BCUT2D eigenvalue weighted by molar-refractivity contribution is 7.13. The second-order valence-corrected chi connectivity index (χ2v) is 7.81. The zero-order chi connectivity index (χ0) is 20.5. The van der Waals surface area contributed by atoms with Crippen LogP contribution in [0.5, 0.6) is 0 Å². The van der Waals surface area contributed by atoms with Crippen LogP contribution in [0.4, 0.5) is 0 Å². The number of aromatic nitrogens is 1. The number of esters is 1. The third-order valence-corrected chi connectivity index (χ3v) is 5.78. The summed E-state index contributed by atoms with van der Waals surface area (Å²) in [6, 6.07) is 13.2. The molecule has 0 saturated carbocycles. The number of carbonyl (C=O) groups is 1. The van der Waals surface area contributed by atoms with Crippen LogP contribution in [0.3, 0.4) is 0 Å². The maximum Gasteiger partial charge on any atom is 0.358 e. The lowest BCUT2D eigenvalue weighted by Crippen LogP contribution is -2.08. The maximum absolute atomic E-state index is 12.5. The molecule has 0 bridgehead atoms. The molecular weight excluding hydrogens is 386 g/mol. The van der Waals surface area contributed by atoms with E-state index in [0.29, 0.717) is 11.1 Å². The van der Waals surface area contributed by atoms with Gasteiger partial charge in [-0.25, -0.2) is 14.6 Å². The number of fused-ring (bicyclic) bond motifs is 1. The van der Waals surface area contributed by atoms with Crippen LogP contribution in [-0.2, 0) is 11.3 Å². The number of ether oxygens (including phenoxy) is 1. The van der Waals surface area contributed by atoms with Crippen LogP contribution in [0.15, 0.2) is 57.1 Å². The van der Waals surface area contributed by atoms with Crippen LogP contribution in [0, 0.1) is 20.8 Å². The normalized spacial score (nSPS) is 11.0. The van der Waals surface area contributed by atoms with Crippen molar-refractivity contribution in [3.8, 4) is 10.6 Å². The van der Waals surface area contributed by atoms with Gasteiger partial charge in [0.05, 0.1) is 0 Å². The van der Waals surface area contributed by atoms with Gasteiger partial charge in [-0.1, -0.05) is 42.0 Å². The SMILES string of the molecule is Cc1ccc(-c2nc(C(=O)OCc3cc(=O)oc4c(C)c(C)ccc34)cs2)cc1. The van der Waals surface area contributed by atoms with Gasteiger partial charge >= 0.3 is 11.6 Å². The third-order valence-electron chi connectivity index (χ3n) is 4.89. The minimum absolute atomic E-state index is 0.0270. The number of aryl methyl sites for hydroxylation is 3. The minimum Gasteiger partial charge on any atom is -0.456 e. The van der Waals surface area contributed by atoms with Crippen molar-refractivity contribution in [3.63, 3.8) is 0 Å². The first-order valence-electron chi connectivity index (χ1n) is 9.15. The average molecular weight is 405 g/mol. The van der Waals surface area contributed by atoms with Crippen LogP contribution >= 0.6 is 11.3 Å². The molecule has 146 valence electrons. The highest BCUT2D eigenvalue weighted by Crippen LogP contribution is 2.26. The summed E-state index contributed by atoms with van der Waals surface area (Å²) in [6.07, 6.45) is 0. The van der Waals surface area contributed by atoms with Gasteiger partial charge in [0.2, 0.25) is 0 Å². The van der Waals surface area contributed by atoms with Crippen LogP contribution in [-0.4, -0.2) is 11.0 Å². The number of hydrogen-bond donors (Lipinski definition) is 0. The van der Waals surface area contributed by atoms with E-state index >= 15 is 0 Å². The van der Waals surface area contributed by atoms with E-state index in [9.17, 15) is 9.59 Å². The summed E-state index contributed by atoms with van der Waals surface area (Å²) >= 11 is 1.39. The molecule has 0 N–H and O–H groups in total. The van der Waals surface area contributed by atoms with Crippen molar-refractivity contribution >= 4 is 28.3 Å². The summed E-state index contributed by atoms with van der Waals surface area (Å²) in [5, 5.41) is 3.20. The van der Waals surface area contributed by atoms with E-state index in [1.807, 2.05) is 57.2 Å². The van der Waals surface area contributed by atoms with Gasteiger partial charge in [-0.05, 0) is 31.9 Å². The molecule has 29 heavy (non-hydrogen) atoms. The smallest absolute Gasteiger partial charge is 0.358 e. The Hall–Kier alpha value is -3.25. The molecule has 0 spiro atoms. The Bertz CT molecular complexity index is 1270. The monoisotopic (exact) mass is 405 g/mol. The van der Waals surface area contributed by atoms with Gasteiger partial charge in [-0.3, -0.25) is 0 Å². The molecule has 0 aliphatic heterocycles. The predicted molar refractivity (Wildman–Crippen MR) is 113 cm³/mol. The summed E-state index contributed by atoms with van der Waals surface area (Å²) in [4.78, 5) is 28.8. The Balaban J connectivity index is 1.55. The van der Waals surface area contributed by atoms with E-state index in [4.69, 9.17) is 9.15 Å². The van der Waals surface area contributed by atoms with E-state index in [-0.39, 0.29) is 12.3 Å². The van der Waals surface area contributed by atoms with Crippen molar-refractivity contribution in [1.29, 1.82) is 0 Å². The van der Waals surface area contributed by atoms with Crippen molar-refractivity contribution < 1.29 is 13.9 Å². The molecule has 0 saturated heterocycles. The summed E-state index contributed by atoms with van der Waals surface area (Å²) < 4.78 is 10.8. The molecule has 0 aliphatic carbocycles. The Kier molecular flexibility index (Phi) is 5.03. The van der Waals surface area contributed by atoms with Gasteiger partial charge in [0.25, 0.3) is 0 Å². The van der Waals surface area contributed by atoms with E-state index in [2.05, 4.69) is 4.98 Å². The van der Waals surface area contributed by atoms with Crippen molar-refractivity contribution in [2.75, 3.05) is 0 Å². The first-order chi connectivity index (χ1) is 13.9. The van der Waals surface area contributed by atoms with Crippen LogP contribution in [0.1, 0.15) is 32.7 Å². The maximum atomic E-state index is 12.5. The molecule has 6 heteroatoms. The number of hydrogen-bond acceptors (Lipinski definition) is 6. The lowest BCUT2D eigenvalue weighted by molar-refractivity contribution is 0.0468. The van der Waals surface area contributed by atoms with E-state index in [1.54, 1.807) is 5.38 Å².